The number of nitrogens with two attached hydrogens (primary N) is 1. The second-order valence-corrected chi connectivity index (χ2v) is 6.57. The Morgan fingerprint density at radius 2 is 1.50 bits per heavy atom. The maximum absolute atomic E-state index is 13.3. The van der Waals surface area contributed by atoms with E-state index >= 15 is 0 Å². The van der Waals surface area contributed by atoms with Crippen LogP contribution in [0.5, 0.6) is 0 Å². The minimum absolute atomic E-state index is 0.0339. The summed E-state index contributed by atoms with van der Waals surface area (Å²) in [7, 11) is 0. The number of hydrogen-bond donors (Lipinski definition) is 1. The molecule has 0 aromatic heterocycles. The van der Waals surface area contributed by atoms with E-state index < -0.39 is 5.92 Å². The van der Waals surface area contributed by atoms with Crippen LogP contribution < -0.4 is 5.73 Å². The largest absolute Gasteiger partial charge is 0.330 e. The SMILES string of the molecule is NCCc1cccc(-c2cccc(CN3CCC(F)(F)CC3)c2)c1. The first-order valence-corrected chi connectivity index (χ1v) is 8.54. The first-order valence-electron chi connectivity index (χ1n) is 8.54. The van der Waals surface area contributed by atoms with Gasteiger partial charge in [0.15, 0.2) is 0 Å². The number of benzene rings is 2. The number of halogens is 2. The van der Waals surface area contributed by atoms with E-state index in [1.54, 1.807) is 0 Å². The number of piperidine rings is 1. The molecule has 2 aromatic carbocycles. The summed E-state index contributed by atoms with van der Waals surface area (Å²) < 4.78 is 26.5. The fraction of sp³-hybridized carbons (Fsp3) is 0.400. The van der Waals surface area contributed by atoms with Crippen LogP contribution in [0.4, 0.5) is 8.78 Å². The normalized spacial score (nSPS) is 17.8. The molecule has 0 aliphatic carbocycles. The van der Waals surface area contributed by atoms with Crippen molar-refractivity contribution in [3.05, 3.63) is 59.7 Å². The van der Waals surface area contributed by atoms with Gasteiger partial charge in [-0.15, -0.1) is 0 Å². The fourth-order valence-electron chi connectivity index (χ4n) is 3.22. The summed E-state index contributed by atoms with van der Waals surface area (Å²) >= 11 is 0. The average molecular weight is 330 g/mol. The zero-order valence-electron chi connectivity index (χ0n) is 13.8. The van der Waals surface area contributed by atoms with Crippen molar-refractivity contribution in [2.24, 2.45) is 5.73 Å². The summed E-state index contributed by atoms with van der Waals surface area (Å²) in [6.07, 6.45) is 0.803. The van der Waals surface area contributed by atoms with Gasteiger partial charge in [0.05, 0.1) is 0 Å². The highest BCUT2D eigenvalue weighted by Crippen LogP contribution is 2.29. The highest BCUT2D eigenvalue weighted by atomic mass is 19.3. The molecule has 0 saturated carbocycles. The van der Waals surface area contributed by atoms with Crippen LogP contribution in [0.1, 0.15) is 24.0 Å². The first-order chi connectivity index (χ1) is 11.6. The van der Waals surface area contributed by atoms with Gasteiger partial charge in [-0.1, -0.05) is 42.5 Å². The fourth-order valence-corrected chi connectivity index (χ4v) is 3.22. The average Bonchev–Trinajstić information content (AvgIpc) is 2.58. The number of nitrogens with zero attached hydrogens (tertiary/aromatic N) is 1. The molecule has 0 spiro atoms. The zero-order chi connectivity index (χ0) is 17.0. The Hall–Kier alpha value is -1.78. The number of alkyl halides is 2. The lowest BCUT2D eigenvalue weighted by atomic mass is 9.99. The maximum Gasteiger partial charge on any atom is 0.250 e. The molecule has 1 aliphatic rings. The van der Waals surface area contributed by atoms with E-state index in [1.165, 1.54) is 16.7 Å². The van der Waals surface area contributed by atoms with Crippen LogP contribution in [0.15, 0.2) is 48.5 Å². The van der Waals surface area contributed by atoms with Crippen molar-refractivity contribution in [3.8, 4) is 11.1 Å². The minimum atomic E-state index is -2.48. The predicted molar refractivity (Wildman–Crippen MR) is 94.1 cm³/mol. The van der Waals surface area contributed by atoms with Crippen molar-refractivity contribution in [1.82, 2.24) is 4.90 Å². The third kappa shape index (κ3) is 4.40. The molecule has 4 heteroatoms. The molecule has 24 heavy (non-hydrogen) atoms. The highest BCUT2D eigenvalue weighted by molar-refractivity contribution is 5.65. The summed E-state index contributed by atoms with van der Waals surface area (Å²) in [4.78, 5) is 2.11. The second-order valence-electron chi connectivity index (χ2n) is 6.57. The van der Waals surface area contributed by atoms with Crippen molar-refractivity contribution < 1.29 is 8.78 Å². The molecule has 3 rings (SSSR count). The lowest BCUT2D eigenvalue weighted by Crippen LogP contribution is -2.38. The first kappa shape index (κ1) is 17.1. The van der Waals surface area contributed by atoms with Gasteiger partial charge in [-0.2, -0.15) is 0 Å². The van der Waals surface area contributed by atoms with Crippen LogP contribution >= 0.6 is 0 Å². The van der Waals surface area contributed by atoms with E-state index in [0.29, 0.717) is 19.6 Å². The molecule has 0 amide bonds. The molecular formula is C20H24F2N2. The highest BCUT2D eigenvalue weighted by Gasteiger charge is 2.33. The second kappa shape index (κ2) is 7.41. The number of likely N-dealkylation sites (tertiary alicyclic amines) is 1. The molecule has 1 saturated heterocycles. The van der Waals surface area contributed by atoms with Gasteiger partial charge >= 0.3 is 0 Å². The summed E-state index contributed by atoms with van der Waals surface area (Å²) in [5.74, 6) is -2.48. The van der Waals surface area contributed by atoms with E-state index in [2.05, 4.69) is 47.4 Å². The predicted octanol–water partition coefficient (Wildman–Crippen LogP) is 4.09. The van der Waals surface area contributed by atoms with Crippen molar-refractivity contribution in [1.29, 1.82) is 0 Å². The van der Waals surface area contributed by atoms with E-state index in [0.717, 1.165) is 18.5 Å². The monoisotopic (exact) mass is 330 g/mol. The van der Waals surface area contributed by atoms with Crippen LogP contribution in [0.3, 0.4) is 0 Å². The molecule has 2 aromatic rings. The van der Waals surface area contributed by atoms with Crippen LogP contribution in [-0.4, -0.2) is 30.5 Å². The van der Waals surface area contributed by atoms with Gasteiger partial charge in [0.1, 0.15) is 0 Å². The van der Waals surface area contributed by atoms with Crippen molar-refractivity contribution in [2.45, 2.75) is 31.7 Å². The van der Waals surface area contributed by atoms with Crippen molar-refractivity contribution in [2.75, 3.05) is 19.6 Å². The molecule has 2 N–H and O–H groups in total. The summed E-state index contributed by atoms with van der Waals surface area (Å²) in [6.45, 7) is 2.29. The topological polar surface area (TPSA) is 29.3 Å². The van der Waals surface area contributed by atoms with Gasteiger partial charge in [-0.05, 0) is 41.3 Å². The Balaban J connectivity index is 1.71. The van der Waals surface area contributed by atoms with E-state index in [9.17, 15) is 8.78 Å². The quantitative estimate of drug-likeness (QED) is 0.895. The minimum Gasteiger partial charge on any atom is -0.330 e. The lowest BCUT2D eigenvalue weighted by Gasteiger charge is -2.31. The molecule has 0 unspecified atom stereocenters. The Labute approximate surface area is 142 Å². The lowest BCUT2D eigenvalue weighted by molar-refractivity contribution is -0.0566. The number of hydrogen-bond acceptors (Lipinski definition) is 2. The zero-order valence-corrected chi connectivity index (χ0v) is 13.8. The molecular weight excluding hydrogens is 306 g/mol. The molecule has 0 radical (unpaired) electrons. The summed E-state index contributed by atoms with van der Waals surface area (Å²) in [5.41, 5.74) is 10.4. The standard InChI is InChI=1S/C20H24F2N2/c21-20(22)8-11-24(12-9-20)15-17-4-2-6-19(14-17)18-5-1-3-16(13-18)7-10-23/h1-6,13-14H,7-12,15,23H2. The molecule has 0 bridgehead atoms. The van der Waals surface area contributed by atoms with Crippen molar-refractivity contribution in [3.63, 3.8) is 0 Å². The van der Waals surface area contributed by atoms with Gasteiger partial charge in [0, 0.05) is 32.5 Å². The third-order valence-electron chi connectivity index (χ3n) is 4.61. The molecule has 2 nitrogen and oxygen atoms in total. The molecule has 1 aliphatic heterocycles. The van der Waals surface area contributed by atoms with Gasteiger partial charge < -0.3 is 5.73 Å². The van der Waals surface area contributed by atoms with Gasteiger partial charge in [-0.3, -0.25) is 4.90 Å². The Morgan fingerprint density at radius 1 is 0.917 bits per heavy atom. The van der Waals surface area contributed by atoms with Gasteiger partial charge in [0.25, 0.3) is 5.92 Å². The van der Waals surface area contributed by atoms with Gasteiger partial charge in [-0.25, -0.2) is 8.78 Å². The van der Waals surface area contributed by atoms with Gasteiger partial charge in [0.2, 0.25) is 0 Å². The molecule has 0 atom stereocenters. The van der Waals surface area contributed by atoms with Crippen LogP contribution in [0, 0.1) is 0 Å². The van der Waals surface area contributed by atoms with E-state index in [-0.39, 0.29) is 12.8 Å². The summed E-state index contributed by atoms with van der Waals surface area (Å²) in [6, 6.07) is 16.8. The Morgan fingerprint density at radius 3 is 2.12 bits per heavy atom. The molecule has 128 valence electrons. The van der Waals surface area contributed by atoms with E-state index in [1.807, 2.05) is 6.07 Å². The van der Waals surface area contributed by atoms with E-state index in [4.69, 9.17) is 5.73 Å². The third-order valence-corrected chi connectivity index (χ3v) is 4.61. The smallest absolute Gasteiger partial charge is 0.250 e. The summed E-state index contributed by atoms with van der Waals surface area (Å²) in [5, 5.41) is 0. The van der Waals surface area contributed by atoms with Crippen LogP contribution in [-0.2, 0) is 13.0 Å². The van der Waals surface area contributed by atoms with Crippen LogP contribution in [0.25, 0.3) is 11.1 Å². The number of rotatable bonds is 5. The molecule has 1 fully saturated rings. The Kier molecular flexibility index (Phi) is 5.27. The Bertz CT molecular complexity index is 675. The molecule has 1 heterocycles. The van der Waals surface area contributed by atoms with Crippen molar-refractivity contribution >= 4 is 0 Å². The van der Waals surface area contributed by atoms with Crippen LogP contribution in [0.2, 0.25) is 0 Å². The maximum atomic E-state index is 13.3.